The van der Waals surface area contributed by atoms with Gasteiger partial charge in [0.2, 0.25) is 5.91 Å². The molecule has 0 spiro atoms. The van der Waals surface area contributed by atoms with Crippen LogP contribution in [0.5, 0.6) is 0 Å². The summed E-state index contributed by atoms with van der Waals surface area (Å²) in [5.41, 5.74) is 7.22. The zero-order valence-corrected chi connectivity index (χ0v) is 10.3. The average Bonchev–Trinajstić information content (AvgIpc) is 2.37. The molecule has 1 aromatic carbocycles. The number of fused-ring (bicyclic) bond motifs is 1. The van der Waals surface area contributed by atoms with Crippen LogP contribution in [0.3, 0.4) is 0 Å². The first-order valence-corrected chi connectivity index (χ1v) is 5.54. The van der Waals surface area contributed by atoms with Crippen LogP contribution in [0, 0.1) is 0 Å². The van der Waals surface area contributed by atoms with E-state index < -0.39 is 0 Å². The number of carbonyl (C=O) groups excluding carboxylic acids is 1. The lowest BCUT2D eigenvalue weighted by molar-refractivity contribution is -0.119. The predicted octanol–water partition coefficient (Wildman–Crippen LogP) is 0.394. The van der Waals surface area contributed by atoms with Gasteiger partial charge in [-0.05, 0) is 18.2 Å². The van der Waals surface area contributed by atoms with Crippen molar-refractivity contribution in [1.29, 1.82) is 0 Å². The minimum absolute atomic E-state index is 0.0758. The number of amides is 1. The Morgan fingerprint density at radius 3 is 2.94 bits per heavy atom. The molecule has 18 heavy (non-hydrogen) atoms. The van der Waals surface area contributed by atoms with E-state index >= 15 is 0 Å². The summed E-state index contributed by atoms with van der Waals surface area (Å²) >= 11 is 0. The quantitative estimate of drug-likeness (QED) is 0.764. The summed E-state index contributed by atoms with van der Waals surface area (Å²) in [7, 11) is 3.41. The second kappa shape index (κ2) is 4.87. The van der Waals surface area contributed by atoms with Crippen LogP contribution in [0.4, 0.5) is 11.5 Å². The van der Waals surface area contributed by atoms with Crippen molar-refractivity contribution in [2.75, 3.05) is 31.3 Å². The van der Waals surface area contributed by atoms with E-state index in [1.54, 1.807) is 25.1 Å². The van der Waals surface area contributed by atoms with Gasteiger partial charge in [0, 0.05) is 25.2 Å². The molecule has 0 fully saturated rings. The normalized spacial score (nSPS) is 10.3. The average molecular weight is 245 g/mol. The Balaban J connectivity index is 2.43. The first-order valence-electron chi connectivity index (χ1n) is 5.54. The van der Waals surface area contributed by atoms with Crippen molar-refractivity contribution in [3.8, 4) is 0 Å². The molecule has 0 aliphatic carbocycles. The molecule has 1 heterocycles. The van der Waals surface area contributed by atoms with Crippen molar-refractivity contribution in [2.24, 2.45) is 0 Å². The molecule has 3 N–H and O–H groups in total. The molecule has 2 rings (SSSR count). The largest absolute Gasteiger partial charge is 0.399 e. The van der Waals surface area contributed by atoms with Gasteiger partial charge in [0.15, 0.2) is 0 Å². The summed E-state index contributed by atoms with van der Waals surface area (Å²) in [5, 5.41) is 3.41. The lowest BCUT2D eigenvalue weighted by atomic mass is 10.2. The van der Waals surface area contributed by atoms with Gasteiger partial charge in [-0.3, -0.25) is 4.79 Å². The van der Waals surface area contributed by atoms with Gasteiger partial charge in [-0.15, -0.1) is 0 Å². The second-order valence-electron chi connectivity index (χ2n) is 4.00. The van der Waals surface area contributed by atoms with Gasteiger partial charge >= 0.3 is 0 Å². The van der Waals surface area contributed by atoms with Crippen molar-refractivity contribution in [3.63, 3.8) is 0 Å². The van der Waals surface area contributed by atoms with Crippen molar-refractivity contribution >= 4 is 28.3 Å². The fourth-order valence-electron chi connectivity index (χ4n) is 1.73. The Hall–Kier alpha value is -2.37. The molecule has 6 nitrogen and oxygen atoms in total. The van der Waals surface area contributed by atoms with Crippen LogP contribution in [-0.2, 0) is 4.79 Å². The Morgan fingerprint density at radius 2 is 2.22 bits per heavy atom. The fourth-order valence-corrected chi connectivity index (χ4v) is 1.73. The summed E-state index contributed by atoms with van der Waals surface area (Å²) in [4.78, 5) is 21.5. The number of benzene rings is 1. The number of aromatic nitrogens is 2. The summed E-state index contributed by atoms with van der Waals surface area (Å²) < 4.78 is 0. The van der Waals surface area contributed by atoms with Crippen LogP contribution >= 0.6 is 0 Å². The van der Waals surface area contributed by atoms with E-state index in [9.17, 15) is 4.79 Å². The number of hydrogen-bond acceptors (Lipinski definition) is 5. The molecule has 94 valence electrons. The summed E-state index contributed by atoms with van der Waals surface area (Å²) in [6, 6.07) is 5.44. The number of rotatable bonds is 3. The Labute approximate surface area is 105 Å². The maximum absolute atomic E-state index is 11.4. The van der Waals surface area contributed by atoms with Gasteiger partial charge < -0.3 is 16.0 Å². The molecule has 0 aliphatic rings. The number of likely N-dealkylation sites (N-methyl/N-ethyl adjacent to an activating group) is 2. The topological polar surface area (TPSA) is 84.1 Å². The number of nitrogens with zero attached hydrogens (tertiary/aromatic N) is 3. The monoisotopic (exact) mass is 245 g/mol. The molecular formula is C12H15N5O. The van der Waals surface area contributed by atoms with Crippen LogP contribution < -0.4 is 16.0 Å². The van der Waals surface area contributed by atoms with Crippen LogP contribution in [0.25, 0.3) is 10.9 Å². The van der Waals surface area contributed by atoms with Crippen molar-refractivity contribution < 1.29 is 4.79 Å². The third-order valence-corrected chi connectivity index (χ3v) is 2.66. The smallest absolute Gasteiger partial charge is 0.239 e. The van der Waals surface area contributed by atoms with E-state index in [1.165, 1.54) is 6.33 Å². The van der Waals surface area contributed by atoms with Crippen LogP contribution in [-0.4, -0.2) is 36.5 Å². The Kier molecular flexibility index (Phi) is 3.27. The number of nitrogens with one attached hydrogen (secondary N) is 1. The highest BCUT2D eigenvalue weighted by molar-refractivity contribution is 5.93. The molecule has 0 radical (unpaired) electrons. The number of nitrogens with two attached hydrogens (primary N) is 1. The molecule has 0 atom stereocenters. The molecule has 0 aliphatic heterocycles. The second-order valence-corrected chi connectivity index (χ2v) is 4.00. The maximum atomic E-state index is 11.4. The number of anilines is 2. The van der Waals surface area contributed by atoms with Gasteiger partial charge in [-0.2, -0.15) is 0 Å². The highest BCUT2D eigenvalue weighted by Crippen LogP contribution is 2.23. The van der Waals surface area contributed by atoms with Crippen molar-refractivity contribution in [1.82, 2.24) is 15.3 Å². The standard InChI is InChI=1S/C12H15N5O/c1-14-11(18)6-17(2)12-9-5-8(13)3-4-10(9)15-7-16-12/h3-5,7H,6,13H2,1-2H3,(H,14,18). The maximum Gasteiger partial charge on any atom is 0.239 e. The van der Waals surface area contributed by atoms with Gasteiger partial charge in [0.1, 0.15) is 12.1 Å². The molecule has 2 aromatic rings. The fraction of sp³-hybridized carbons (Fsp3) is 0.250. The van der Waals surface area contributed by atoms with Crippen LogP contribution in [0.15, 0.2) is 24.5 Å². The molecule has 1 aromatic heterocycles. The molecule has 0 bridgehead atoms. The van der Waals surface area contributed by atoms with E-state index in [2.05, 4.69) is 15.3 Å². The Morgan fingerprint density at radius 1 is 1.44 bits per heavy atom. The van der Waals surface area contributed by atoms with E-state index in [4.69, 9.17) is 5.73 Å². The summed E-state index contributed by atoms with van der Waals surface area (Å²) in [5.74, 6) is 0.615. The molecular weight excluding hydrogens is 230 g/mol. The summed E-state index contributed by atoms with van der Waals surface area (Å²) in [6.45, 7) is 0.234. The van der Waals surface area contributed by atoms with E-state index in [0.29, 0.717) is 11.5 Å². The zero-order valence-electron chi connectivity index (χ0n) is 10.3. The predicted molar refractivity (Wildman–Crippen MR) is 71.3 cm³/mol. The summed E-state index contributed by atoms with van der Waals surface area (Å²) in [6.07, 6.45) is 1.48. The van der Waals surface area contributed by atoms with Gasteiger partial charge in [0.25, 0.3) is 0 Å². The van der Waals surface area contributed by atoms with Crippen LogP contribution in [0.2, 0.25) is 0 Å². The first kappa shape index (κ1) is 12.1. The lowest BCUT2D eigenvalue weighted by Crippen LogP contribution is -2.33. The first-order chi connectivity index (χ1) is 8.61. The van der Waals surface area contributed by atoms with E-state index in [-0.39, 0.29) is 12.5 Å². The Bertz CT molecular complexity index is 584. The molecule has 1 amide bonds. The van der Waals surface area contributed by atoms with Gasteiger partial charge in [-0.25, -0.2) is 9.97 Å². The van der Waals surface area contributed by atoms with Gasteiger partial charge in [-0.1, -0.05) is 0 Å². The van der Waals surface area contributed by atoms with Crippen molar-refractivity contribution in [3.05, 3.63) is 24.5 Å². The number of hydrogen-bond donors (Lipinski definition) is 2. The van der Waals surface area contributed by atoms with Crippen LogP contribution in [0.1, 0.15) is 0 Å². The third kappa shape index (κ3) is 2.32. The molecule has 0 unspecified atom stereocenters. The molecule has 6 heteroatoms. The highest BCUT2D eigenvalue weighted by atomic mass is 16.1. The molecule has 0 saturated heterocycles. The lowest BCUT2D eigenvalue weighted by Gasteiger charge is -2.18. The minimum Gasteiger partial charge on any atom is -0.399 e. The van der Waals surface area contributed by atoms with E-state index in [0.717, 1.165) is 10.9 Å². The zero-order chi connectivity index (χ0) is 13.1. The molecule has 0 saturated carbocycles. The van der Waals surface area contributed by atoms with E-state index in [1.807, 2.05) is 12.1 Å². The van der Waals surface area contributed by atoms with Gasteiger partial charge in [0.05, 0.1) is 12.1 Å². The minimum atomic E-state index is -0.0758. The number of carbonyl (C=O) groups is 1. The number of nitrogen functional groups attached to an aromatic ring is 1. The van der Waals surface area contributed by atoms with Crippen molar-refractivity contribution in [2.45, 2.75) is 0 Å². The SMILES string of the molecule is CNC(=O)CN(C)c1ncnc2ccc(N)cc12. The highest BCUT2D eigenvalue weighted by Gasteiger charge is 2.11. The third-order valence-electron chi connectivity index (χ3n) is 2.66.